The van der Waals surface area contributed by atoms with Gasteiger partial charge >= 0.3 is 51.4 Å². The Balaban J connectivity index is -0.00000000241. The second-order valence-electron chi connectivity index (χ2n) is 0.816. The van der Waals surface area contributed by atoms with Crippen molar-refractivity contribution in [3.8, 4) is 0 Å². The van der Waals surface area contributed by atoms with Gasteiger partial charge in [0.2, 0.25) is 0 Å². The molecule has 0 fully saturated rings. The van der Waals surface area contributed by atoms with Crippen molar-refractivity contribution < 1.29 is 152 Å². The molecule has 0 aromatic rings. The van der Waals surface area contributed by atoms with Crippen LogP contribution in [0.1, 0.15) is 0 Å². The van der Waals surface area contributed by atoms with Gasteiger partial charge < -0.3 is 83.9 Å². The van der Waals surface area contributed by atoms with Crippen molar-refractivity contribution in [1.82, 2.24) is 0 Å². The first-order chi connectivity index (χ1) is 4.00. The summed E-state index contributed by atoms with van der Waals surface area (Å²) in [6.45, 7) is 0. The predicted octanol–water partition coefficient (Wildman–Crippen LogP) is -15.9. The van der Waals surface area contributed by atoms with Crippen LogP contribution < -0.4 is 51.4 Å². The Morgan fingerprint density at radius 2 is 0.375 bits per heavy atom. The molecule has 0 unspecified atom stereocenters. The van der Waals surface area contributed by atoms with E-state index in [1.54, 1.807) is 0 Å². The van der Waals surface area contributed by atoms with E-state index in [0.717, 1.165) is 0 Å². The fourth-order valence-corrected chi connectivity index (χ4v) is 0. The van der Waals surface area contributed by atoms with Crippen LogP contribution in [0.4, 0.5) is 0 Å². The molecule has 3 radical (unpaired) electrons. The molecule has 0 aromatic carbocycles. The normalized spacial score (nSPS) is 4.83. The van der Waals surface area contributed by atoms with Gasteiger partial charge in [-0.1, -0.05) is 0 Å². The summed E-state index contributed by atoms with van der Waals surface area (Å²) in [7, 11) is -10.3. The molecule has 163 valence electrons. The van der Waals surface area contributed by atoms with Crippen molar-refractivity contribution in [3.05, 3.63) is 0 Å². The van der Waals surface area contributed by atoms with Crippen molar-refractivity contribution in [2.45, 2.75) is 0 Å². The minimum Gasteiger partial charge on any atom is -0.759 e. The average Bonchev–Trinajstić information content (AvgIpc) is 1.12. The van der Waals surface area contributed by atoms with Crippen LogP contribution >= 0.6 is 0 Å². The average molecular weight is 474 g/mol. The number of hydrogen-bond donors (Lipinski definition) is 0. The zero-order valence-electron chi connectivity index (χ0n) is 11.7. The minimum atomic E-state index is -5.17. The van der Waals surface area contributed by atoms with Gasteiger partial charge in [0.25, 0.3) is 0 Å². The van der Waals surface area contributed by atoms with Crippen molar-refractivity contribution in [2.75, 3.05) is 0 Å². The molecule has 0 rings (SSSR count). The Labute approximate surface area is 188 Å². The maximum atomic E-state index is 8.52. The van der Waals surface area contributed by atoms with Gasteiger partial charge in [-0.25, -0.2) is 0 Å². The van der Waals surface area contributed by atoms with E-state index in [9.17, 15) is 0 Å². The van der Waals surface area contributed by atoms with Crippen molar-refractivity contribution in [1.29, 1.82) is 0 Å². The Bertz CT molecular complexity index is 218. The second kappa shape index (κ2) is 74.4. The summed E-state index contributed by atoms with van der Waals surface area (Å²) in [5.74, 6) is 0. The monoisotopic (exact) mass is 474 g/mol. The van der Waals surface area contributed by atoms with Crippen molar-refractivity contribution in [2.24, 2.45) is 0 Å². The van der Waals surface area contributed by atoms with E-state index in [1.165, 1.54) is 0 Å². The molecule has 24 heavy (non-hydrogen) atoms. The summed E-state index contributed by atoms with van der Waals surface area (Å²) in [4.78, 5) is 0. The number of rotatable bonds is 0. The molecule has 0 aliphatic heterocycles. The van der Waals surface area contributed by atoms with Crippen molar-refractivity contribution in [3.63, 3.8) is 0 Å². The molecule has 20 nitrogen and oxygen atoms in total. The fourth-order valence-electron chi connectivity index (χ4n) is 0. The molecule has 24 N–H and O–H groups in total. The zero-order valence-corrected chi connectivity index (χ0v) is 17.6. The molecule has 0 aliphatic rings. The van der Waals surface area contributed by atoms with E-state index in [0.29, 0.717) is 0 Å². The molecular weight excluding hydrogens is 450 g/mol. The summed E-state index contributed by atoms with van der Waals surface area (Å²) in [6, 6.07) is 0. The van der Waals surface area contributed by atoms with E-state index < -0.39 is 20.8 Å². The van der Waals surface area contributed by atoms with Crippen LogP contribution in [0.25, 0.3) is 0 Å². The quantitative estimate of drug-likeness (QED) is 0.183. The summed E-state index contributed by atoms with van der Waals surface area (Å²) in [6.07, 6.45) is 0. The van der Waals surface area contributed by atoms with E-state index in [-0.39, 0.29) is 134 Å². The molecular formula is H24AlKO20S2-3. The van der Waals surface area contributed by atoms with Gasteiger partial charge in [-0.05, 0) is 0 Å². The van der Waals surface area contributed by atoms with Crippen LogP contribution in [0.3, 0.4) is 0 Å². The van der Waals surface area contributed by atoms with E-state index in [1.807, 2.05) is 0 Å². The molecule has 0 heterocycles. The second-order valence-corrected chi connectivity index (χ2v) is 2.45. The van der Waals surface area contributed by atoms with Crippen LogP contribution in [-0.4, -0.2) is 118 Å². The maximum Gasteiger partial charge on any atom is 1.00 e. The summed E-state index contributed by atoms with van der Waals surface area (Å²) in [5.41, 5.74) is 0. The standard InChI is InChI=1S/Al.K.2H2O4S.12H2O/c;;2*1-5(2,3)4;;;;;;;;;;;;/h;;2*(H2,1,2,3,4);12*1H2/q;+1;;;;;;;;;;;;;;/p-4. The molecule has 24 heteroatoms. The third kappa shape index (κ3) is 5770. The van der Waals surface area contributed by atoms with Crippen LogP contribution in [0, 0.1) is 0 Å². The van der Waals surface area contributed by atoms with E-state index in [4.69, 9.17) is 35.0 Å². The molecule has 0 amide bonds. The molecule has 0 atom stereocenters. The van der Waals surface area contributed by atoms with Gasteiger partial charge in [0.15, 0.2) is 0 Å². The van der Waals surface area contributed by atoms with Gasteiger partial charge in [0.1, 0.15) is 0 Å². The van der Waals surface area contributed by atoms with Gasteiger partial charge in [0.05, 0.1) is 0 Å². The smallest absolute Gasteiger partial charge is 0.759 e. The van der Waals surface area contributed by atoms with Crippen molar-refractivity contribution >= 4 is 38.2 Å². The molecule has 0 spiro atoms. The van der Waals surface area contributed by atoms with E-state index in [2.05, 4.69) is 0 Å². The summed E-state index contributed by atoms with van der Waals surface area (Å²) >= 11 is 0. The van der Waals surface area contributed by atoms with Gasteiger partial charge in [-0.3, -0.25) is 16.8 Å². The zero-order chi connectivity index (χ0) is 9.00. The Hall–Kier alpha value is 1.43. The van der Waals surface area contributed by atoms with Crippen LogP contribution in [0.5, 0.6) is 0 Å². The Morgan fingerprint density at radius 1 is 0.375 bits per heavy atom. The molecule has 0 aliphatic carbocycles. The van der Waals surface area contributed by atoms with Gasteiger partial charge in [-0.15, -0.1) is 0 Å². The predicted molar refractivity (Wildman–Crippen MR) is 70.1 cm³/mol. The molecule has 0 saturated heterocycles. The first-order valence-electron chi connectivity index (χ1n) is 1.33. The summed E-state index contributed by atoms with van der Waals surface area (Å²) in [5, 5.41) is 0. The number of hydrogen-bond acceptors (Lipinski definition) is 8. The molecule has 0 bridgehead atoms. The topological polar surface area (TPSA) is 539 Å². The van der Waals surface area contributed by atoms with Gasteiger partial charge in [-0.2, -0.15) is 0 Å². The van der Waals surface area contributed by atoms with E-state index >= 15 is 0 Å². The first-order valence-corrected chi connectivity index (χ1v) is 4.00. The van der Waals surface area contributed by atoms with Crippen LogP contribution in [0.2, 0.25) is 0 Å². The third-order valence-electron chi connectivity index (χ3n) is 0. The fraction of sp³-hybridized carbons (Fsp3) is 0. The first kappa shape index (κ1) is 171. The molecule has 0 saturated carbocycles. The maximum absolute atomic E-state index is 8.52. The third-order valence-corrected chi connectivity index (χ3v) is 0. The Morgan fingerprint density at radius 3 is 0.375 bits per heavy atom. The largest absolute Gasteiger partial charge is 1.00 e. The summed E-state index contributed by atoms with van der Waals surface area (Å²) < 4.78 is 68.2. The Kier molecular flexibility index (Phi) is 529. The van der Waals surface area contributed by atoms with Gasteiger partial charge in [0, 0.05) is 38.2 Å². The SMILES string of the molecule is O.O.O.O.O.O.O.O.O.O.O.O.O=S(=O)([O-])[O-].O=S(=O)([O-])[O-].[Al].[K+]. The molecule has 0 aromatic heterocycles. The van der Waals surface area contributed by atoms with Crippen LogP contribution in [-0.2, 0) is 20.8 Å². The minimum absolute atomic E-state index is 0. The van der Waals surface area contributed by atoms with Crippen LogP contribution in [0.15, 0.2) is 0 Å².